The third-order valence-electron chi connectivity index (χ3n) is 3.12. The van der Waals surface area contributed by atoms with Gasteiger partial charge in [-0.15, -0.1) is 12.4 Å². The number of likely N-dealkylation sites (tertiary alicyclic amines) is 1. The van der Waals surface area contributed by atoms with Crippen LogP contribution in [0.5, 0.6) is 0 Å². The van der Waals surface area contributed by atoms with Gasteiger partial charge in [0.1, 0.15) is 0 Å². The number of hydrogen-bond acceptors (Lipinski definition) is 3. The van der Waals surface area contributed by atoms with E-state index in [-0.39, 0.29) is 30.3 Å². The molecule has 2 rings (SSSR count). The fourth-order valence-electron chi connectivity index (χ4n) is 2.13. The maximum absolute atomic E-state index is 11.6. The number of nitrogens with two attached hydrogens (primary N) is 1. The summed E-state index contributed by atoms with van der Waals surface area (Å²) < 4.78 is 0. The molecule has 1 unspecified atom stereocenters. The van der Waals surface area contributed by atoms with Crippen molar-refractivity contribution in [1.82, 2.24) is 10.2 Å². The third-order valence-corrected chi connectivity index (χ3v) is 3.12. The SMILES string of the molecule is Cl.NCCCC(=O)NC1CC(=O)N(C2CC2)C1. The molecule has 2 aliphatic rings. The summed E-state index contributed by atoms with van der Waals surface area (Å²) >= 11 is 0. The molecule has 0 aromatic rings. The van der Waals surface area contributed by atoms with Gasteiger partial charge in [0.15, 0.2) is 0 Å². The third kappa shape index (κ3) is 3.85. The topological polar surface area (TPSA) is 75.4 Å². The fourth-order valence-corrected chi connectivity index (χ4v) is 2.13. The van der Waals surface area contributed by atoms with Gasteiger partial charge in [-0.25, -0.2) is 0 Å². The summed E-state index contributed by atoms with van der Waals surface area (Å²) in [4.78, 5) is 25.0. The molecule has 17 heavy (non-hydrogen) atoms. The van der Waals surface area contributed by atoms with Gasteiger partial charge in [0.2, 0.25) is 11.8 Å². The van der Waals surface area contributed by atoms with Crippen LogP contribution in [-0.4, -0.2) is 41.9 Å². The van der Waals surface area contributed by atoms with E-state index in [1.165, 1.54) is 0 Å². The van der Waals surface area contributed by atoms with Crippen LogP contribution in [0.15, 0.2) is 0 Å². The first-order valence-electron chi connectivity index (χ1n) is 5.99. The largest absolute Gasteiger partial charge is 0.351 e. The molecule has 2 fully saturated rings. The lowest BCUT2D eigenvalue weighted by Crippen LogP contribution is -2.37. The van der Waals surface area contributed by atoms with Crippen LogP contribution in [0.3, 0.4) is 0 Å². The van der Waals surface area contributed by atoms with Gasteiger partial charge >= 0.3 is 0 Å². The molecule has 0 aromatic carbocycles. The van der Waals surface area contributed by atoms with Crippen LogP contribution in [0, 0.1) is 0 Å². The monoisotopic (exact) mass is 261 g/mol. The van der Waals surface area contributed by atoms with Crippen LogP contribution in [0.25, 0.3) is 0 Å². The minimum absolute atomic E-state index is 0. The number of rotatable bonds is 5. The molecule has 0 aromatic heterocycles. The average molecular weight is 262 g/mol. The van der Waals surface area contributed by atoms with Crippen LogP contribution in [0.4, 0.5) is 0 Å². The van der Waals surface area contributed by atoms with Crippen molar-refractivity contribution >= 4 is 24.2 Å². The van der Waals surface area contributed by atoms with Crippen molar-refractivity contribution in [2.45, 2.75) is 44.2 Å². The highest BCUT2D eigenvalue weighted by atomic mass is 35.5. The zero-order valence-electron chi connectivity index (χ0n) is 9.85. The zero-order chi connectivity index (χ0) is 11.5. The van der Waals surface area contributed by atoms with Crippen LogP contribution < -0.4 is 11.1 Å². The predicted molar refractivity (Wildman–Crippen MR) is 66.8 cm³/mol. The molecule has 5 nitrogen and oxygen atoms in total. The standard InChI is InChI=1S/C11H19N3O2.ClH/c12-5-1-2-10(15)13-8-6-11(16)14(7-8)9-3-4-9;/h8-9H,1-7,12H2,(H,13,15);1H. The summed E-state index contributed by atoms with van der Waals surface area (Å²) in [5, 5.41) is 2.90. The van der Waals surface area contributed by atoms with Gasteiger partial charge in [-0.1, -0.05) is 0 Å². The average Bonchev–Trinajstić information content (AvgIpc) is 3.01. The van der Waals surface area contributed by atoms with E-state index in [4.69, 9.17) is 5.73 Å². The Bertz CT molecular complexity index is 294. The van der Waals surface area contributed by atoms with E-state index in [1.54, 1.807) is 0 Å². The van der Waals surface area contributed by atoms with Gasteiger partial charge < -0.3 is 16.0 Å². The lowest BCUT2D eigenvalue weighted by molar-refractivity contribution is -0.128. The second-order valence-corrected chi connectivity index (χ2v) is 4.64. The zero-order valence-corrected chi connectivity index (χ0v) is 10.7. The summed E-state index contributed by atoms with van der Waals surface area (Å²) in [5.74, 6) is 0.201. The van der Waals surface area contributed by atoms with Gasteiger partial charge in [-0.2, -0.15) is 0 Å². The van der Waals surface area contributed by atoms with Crippen LogP contribution in [-0.2, 0) is 9.59 Å². The molecule has 0 spiro atoms. The number of nitrogens with zero attached hydrogens (tertiary/aromatic N) is 1. The first-order chi connectivity index (χ1) is 7.70. The first kappa shape index (κ1) is 14.3. The maximum atomic E-state index is 11.6. The molecular formula is C11H20ClN3O2. The van der Waals surface area contributed by atoms with Crippen LogP contribution in [0.1, 0.15) is 32.1 Å². The lowest BCUT2D eigenvalue weighted by atomic mass is 10.2. The van der Waals surface area contributed by atoms with Crippen molar-refractivity contribution in [1.29, 1.82) is 0 Å². The van der Waals surface area contributed by atoms with E-state index < -0.39 is 0 Å². The second-order valence-electron chi connectivity index (χ2n) is 4.64. The Morgan fingerprint density at radius 3 is 2.76 bits per heavy atom. The van der Waals surface area contributed by atoms with Crippen molar-refractivity contribution < 1.29 is 9.59 Å². The Hall–Kier alpha value is -0.810. The Morgan fingerprint density at radius 2 is 2.18 bits per heavy atom. The summed E-state index contributed by atoms with van der Waals surface area (Å²) in [6, 6.07) is 0.469. The molecule has 1 aliphatic heterocycles. The lowest BCUT2D eigenvalue weighted by Gasteiger charge is -2.16. The first-order valence-corrected chi connectivity index (χ1v) is 5.99. The van der Waals surface area contributed by atoms with E-state index in [2.05, 4.69) is 5.32 Å². The Kier molecular flexibility index (Phi) is 5.21. The van der Waals surface area contributed by atoms with Gasteiger partial charge in [-0.3, -0.25) is 9.59 Å². The van der Waals surface area contributed by atoms with Crippen LogP contribution in [0.2, 0.25) is 0 Å². The van der Waals surface area contributed by atoms with Crippen molar-refractivity contribution in [3.63, 3.8) is 0 Å². The smallest absolute Gasteiger partial charge is 0.225 e. The molecule has 1 atom stereocenters. The van der Waals surface area contributed by atoms with E-state index in [0.717, 1.165) is 12.8 Å². The molecule has 1 heterocycles. The minimum Gasteiger partial charge on any atom is -0.351 e. The van der Waals surface area contributed by atoms with Gasteiger partial charge in [-0.05, 0) is 25.8 Å². The fraction of sp³-hybridized carbons (Fsp3) is 0.818. The number of carbonyl (C=O) groups is 2. The summed E-state index contributed by atoms with van der Waals surface area (Å²) in [5.41, 5.74) is 5.33. The van der Waals surface area contributed by atoms with Gasteiger partial charge in [0.25, 0.3) is 0 Å². The molecule has 2 amide bonds. The van der Waals surface area contributed by atoms with E-state index in [1.807, 2.05) is 4.90 Å². The van der Waals surface area contributed by atoms with Crippen molar-refractivity contribution in [2.24, 2.45) is 5.73 Å². The maximum Gasteiger partial charge on any atom is 0.225 e. The highest BCUT2D eigenvalue weighted by molar-refractivity contribution is 5.85. The van der Waals surface area contributed by atoms with Crippen LogP contribution >= 0.6 is 12.4 Å². The van der Waals surface area contributed by atoms with Crippen molar-refractivity contribution in [3.05, 3.63) is 0 Å². The van der Waals surface area contributed by atoms with Gasteiger partial charge in [0.05, 0.1) is 6.04 Å². The van der Waals surface area contributed by atoms with Crippen molar-refractivity contribution in [2.75, 3.05) is 13.1 Å². The summed E-state index contributed by atoms with van der Waals surface area (Å²) in [6.07, 6.45) is 3.88. The Labute approximate surface area is 108 Å². The van der Waals surface area contributed by atoms with E-state index in [9.17, 15) is 9.59 Å². The van der Waals surface area contributed by atoms with Gasteiger partial charge in [0, 0.05) is 25.4 Å². The summed E-state index contributed by atoms with van der Waals surface area (Å²) in [6.45, 7) is 1.23. The highest BCUT2D eigenvalue weighted by Gasteiger charge is 2.39. The van der Waals surface area contributed by atoms with E-state index in [0.29, 0.717) is 38.4 Å². The number of nitrogens with one attached hydrogen (secondary N) is 1. The highest BCUT2D eigenvalue weighted by Crippen LogP contribution is 2.30. The molecule has 1 aliphatic carbocycles. The number of amides is 2. The number of halogens is 1. The molecule has 1 saturated heterocycles. The molecular weight excluding hydrogens is 242 g/mol. The normalized spacial score (nSPS) is 23.5. The molecule has 0 bridgehead atoms. The predicted octanol–water partition coefficient (Wildman–Crippen LogP) is 0.0266. The molecule has 6 heteroatoms. The number of carbonyl (C=O) groups excluding carboxylic acids is 2. The Morgan fingerprint density at radius 1 is 1.47 bits per heavy atom. The minimum atomic E-state index is 0. The molecule has 3 N–H and O–H groups in total. The summed E-state index contributed by atoms with van der Waals surface area (Å²) in [7, 11) is 0. The number of hydrogen-bond donors (Lipinski definition) is 2. The quantitative estimate of drug-likeness (QED) is 0.733. The Balaban J connectivity index is 0.00000144. The van der Waals surface area contributed by atoms with Crippen molar-refractivity contribution in [3.8, 4) is 0 Å². The molecule has 98 valence electrons. The second kappa shape index (κ2) is 6.21. The molecule has 1 saturated carbocycles. The van der Waals surface area contributed by atoms with E-state index >= 15 is 0 Å². The molecule has 0 radical (unpaired) electrons.